The SMILES string of the molecule is COC(=O)C1=CC(C)(C(=O)OC)C(=O)C=C1. The van der Waals surface area contributed by atoms with Gasteiger partial charge < -0.3 is 9.47 Å². The molecule has 5 nitrogen and oxygen atoms in total. The Hall–Kier alpha value is -1.91. The van der Waals surface area contributed by atoms with E-state index in [4.69, 9.17) is 0 Å². The molecule has 0 radical (unpaired) electrons. The van der Waals surface area contributed by atoms with Crippen LogP contribution in [0.2, 0.25) is 0 Å². The first-order chi connectivity index (χ1) is 7.45. The summed E-state index contributed by atoms with van der Waals surface area (Å²) in [7, 11) is 2.41. The first-order valence-corrected chi connectivity index (χ1v) is 4.58. The fourth-order valence-corrected chi connectivity index (χ4v) is 1.39. The van der Waals surface area contributed by atoms with E-state index in [9.17, 15) is 14.4 Å². The van der Waals surface area contributed by atoms with Gasteiger partial charge in [-0.1, -0.05) is 0 Å². The minimum absolute atomic E-state index is 0.162. The summed E-state index contributed by atoms with van der Waals surface area (Å²) in [6.45, 7) is 1.40. The zero-order chi connectivity index (χ0) is 12.3. The van der Waals surface area contributed by atoms with Crippen LogP contribution in [0.4, 0.5) is 0 Å². The fraction of sp³-hybridized carbons (Fsp3) is 0.364. The lowest BCUT2D eigenvalue weighted by molar-refractivity contribution is -0.152. The number of carbonyl (C=O) groups is 3. The quantitative estimate of drug-likeness (QED) is 0.501. The molecule has 1 atom stereocenters. The van der Waals surface area contributed by atoms with Gasteiger partial charge in [0, 0.05) is 0 Å². The lowest BCUT2D eigenvalue weighted by Crippen LogP contribution is -2.37. The van der Waals surface area contributed by atoms with Gasteiger partial charge in [-0.3, -0.25) is 9.59 Å². The van der Waals surface area contributed by atoms with Crippen LogP contribution < -0.4 is 0 Å². The van der Waals surface area contributed by atoms with Crippen molar-refractivity contribution in [1.29, 1.82) is 0 Å². The molecule has 1 aliphatic carbocycles. The molecule has 0 aromatic rings. The van der Waals surface area contributed by atoms with Gasteiger partial charge in [-0.2, -0.15) is 0 Å². The van der Waals surface area contributed by atoms with Crippen molar-refractivity contribution >= 4 is 17.7 Å². The largest absolute Gasteiger partial charge is 0.468 e. The minimum atomic E-state index is -1.45. The van der Waals surface area contributed by atoms with Crippen molar-refractivity contribution in [3.63, 3.8) is 0 Å². The third-order valence-corrected chi connectivity index (χ3v) is 2.40. The van der Waals surface area contributed by atoms with E-state index in [0.717, 1.165) is 0 Å². The standard InChI is InChI=1S/C11H12O5/c1-11(10(14)16-3)6-7(9(13)15-2)4-5-8(11)12/h4-6H,1-3H3. The molecule has 0 N–H and O–H groups in total. The van der Waals surface area contributed by atoms with Crippen LogP contribution in [0.3, 0.4) is 0 Å². The van der Waals surface area contributed by atoms with Gasteiger partial charge >= 0.3 is 11.9 Å². The normalized spacial score (nSPS) is 23.7. The number of rotatable bonds is 2. The van der Waals surface area contributed by atoms with Gasteiger partial charge in [0.05, 0.1) is 19.8 Å². The number of ether oxygens (including phenoxy) is 2. The zero-order valence-electron chi connectivity index (χ0n) is 9.27. The third-order valence-electron chi connectivity index (χ3n) is 2.40. The third kappa shape index (κ3) is 1.88. The predicted octanol–water partition coefficient (Wildman–Crippen LogP) is 0.404. The molecule has 0 bridgehead atoms. The number of ketones is 1. The van der Waals surface area contributed by atoms with E-state index in [2.05, 4.69) is 9.47 Å². The van der Waals surface area contributed by atoms with Crippen molar-refractivity contribution in [1.82, 2.24) is 0 Å². The molecule has 0 amide bonds. The summed E-state index contributed by atoms with van der Waals surface area (Å²) in [6.07, 6.45) is 3.75. The minimum Gasteiger partial charge on any atom is -0.468 e. The van der Waals surface area contributed by atoms with Gasteiger partial charge in [0.1, 0.15) is 5.41 Å². The highest BCUT2D eigenvalue weighted by Crippen LogP contribution is 2.28. The molecule has 0 saturated heterocycles. The summed E-state index contributed by atoms with van der Waals surface area (Å²) in [5.74, 6) is -1.73. The Morgan fingerprint density at radius 2 is 1.81 bits per heavy atom. The van der Waals surface area contributed by atoms with Gasteiger partial charge in [0.15, 0.2) is 5.78 Å². The van der Waals surface area contributed by atoms with Crippen molar-refractivity contribution in [2.24, 2.45) is 5.41 Å². The van der Waals surface area contributed by atoms with Crippen molar-refractivity contribution in [3.05, 3.63) is 23.8 Å². The molecule has 0 aromatic carbocycles. The van der Waals surface area contributed by atoms with Crippen LogP contribution in [0.15, 0.2) is 23.8 Å². The molecule has 1 rings (SSSR count). The molecule has 16 heavy (non-hydrogen) atoms. The maximum atomic E-state index is 11.6. The summed E-state index contributed by atoms with van der Waals surface area (Å²) in [5, 5.41) is 0. The van der Waals surface area contributed by atoms with E-state index in [1.165, 1.54) is 39.4 Å². The van der Waals surface area contributed by atoms with Gasteiger partial charge in [-0.05, 0) is 25.2 Å². The summed E-state index contributed by atoms with van der Waals surface area (Å²) in [4.78, 5) is 34.3. The first-order valence-electron chi connectivity index (χ1n) is 4.58. The summed E-state index contributed by atoms with van der Waals surface area (Å²) >= 11 is 0. The highest BCUT2D eigenvalue weighted by atomic mass is 16.5. The second-order valence-electron chi connectivity index (χ2n) is 3.48. The number of allylic oxidation sites excluding steroid dienone is 1. The van der Waals surface area contributed by atoms with Crippen molar-refractivity contribution in [2.75, 3.05) is 14.2 Å². The Labute approximate surface area is 92.7 Å². The maximum Gasteiger partial charge on any atom is 0.337 e. The van der Waals surface area contributed by atoms with Crippen molar-refractivity contribution < 1.29 is 23.9 Å². The molecule has 0 spiro atoms. The average molecular weight is 224 g/mol. The van der Waals surface area contributed by atoms with E-state index in [0.29, 0.717) is 0 Å². The number of esters is 2. The molecule has 1 unspecified atom stereocenters. The van der Waals surface area contributed by atoms with E-state index in [-0.39, 0.29) is 5.57 Å². The van der Waals surface area contributed by atoms with Crippen molar-refractivity contribution in [2.45, 2.75) is 6.92 Å². The lowest BCUT2D eigenvalue weighted by Gasteiger charge is -2.23. The Kier molecular flexibility index (Phi) is 3.27. The molecule has 86 valence electrons. The molecule has 0 saturated carbocycles. The Balaban J connectivity index is 3.15. The zero-order valence-corrected chi connectivity index (χ0v) is 9.27. The Bertz CT molecular complexity index is 405. The lowest BCUT2D eigenvalue weighted by atomic mass is 9.80. The van der Waals surface area contributed by atoms with Gasteiger partial charge in [0.2, 0.25) is 0 Å². The van der Waals surface area contributed by atoms with E-state index in [1.54, 1.807) is 0 Å². The highest BCUT2D eigenvalue weighted by Gasteiger charge is 2.41. The van der Waals surface area contributed by atoms with E-state index in [1.807, 2.05) is 0 Å². The number of hydrogen-bond donors (Lipinski definition) is 0. The molecule has 0 aliphatic heterocycles. The molecular formula is C11H12O5. The maximum absolute atomic E-state index is 11.6. The molecule has 1 aliphatic rings. The van der Waals surface area contributed by atoms with Crippen LogP contribution in [0, 0.1) is 5.41 Å². The topological polar surface area (TPSA) is 69.7 Å². The smallest absolute Gasteiger partial charge is 0.337 e. The Morgan fingerprint density at radius 1 is 1.19 bits per heavy atom. The molecule has 5 heteroatoms. The molecule has 0 fully saturated rings. The van der Waals surface area contributed by atoms with Gasteiger partial charge in [0.25, 0.3) is 0 Å². The van der Waals surface area contributed by atoms with Crippen LogP contribution in [0.5, 0.6) is 0 Å². The molecular weight excluding hydrogens is 212 g/mol. The van der Waals surface area contributed by atoms with Crippen LogP contribution in [-0.4, -0.2) is 31.9 Å². The van der Waals surface area contributed by atoms with Crippen LogP contribution in [0.1, 0.15) is 6.92 Å². The second kappa shape index (κ2) is 4.30. The Morgan fingerprint density at radius 3 is 2.31 bits per heavy atom. The second-order valence-corrected chi connectivity index (χ2v) is 3.48. The number of hydrogen-bond acceptors (Lipinski definition) is 5. The molecule has 0 aromatic heterocycles. The van der Waals surface area contributed by atoms with E-state index >= 15 is 0 Å². The molecule has 0 heterocycles. The van der Waals surface area contributed by atoms with Crippen LogP contribution >= 0.6 is 0 Å². The number of methoxy groups -OCH3 is 2. The van der Waals surface area contributed by atoms with Crippen LogP contribution in [-0.2, 0) is 23.9 Å². The van der Waals surface area contributed by atoms with E-state index < -0.39 is 23.1 Å². The summed E-state index contributed by atoms with van der Waals surface area (Å²) in [6, 6.07) is 0. The fourth-order valence-electron chi connectivity index (χ4n) is 1.39. The summed E-state index contributed by atoms with van der Waals surface area (Å²) in [5.41, 5.74) is -1.29. The highest BCUT2D eigenvalue weighted by molar-refractivity contribution is 6.14. The van der Waals surface area contributed by atoms with Gasteiger partial charge in [-0.25, -0.2) is 4.79 Å². The summed E-state index contributed by atoms with van der Waals surface area (Å²) < 4.78 is 9.04. The predicted molar refractivity (Wildman–Crippen MR) is 54.4 cm³/mol. The number of carbonyl (C=O) groups excluding carboxylic acids is 3. The van der Waals surface area contributed by atoms with Gasteiger partial charge in [-0.15, -0.1) is 0 Å². The average Bonchev–Trinajstić information content (AvgIpc) is 2.30. The monoisotopic (exact) mass is 224 g/mol. The van der Waals surface area contributed by atoms with Crippen LogP contribution in [0.25, 0.3) is 0 Å². The first kappa shape index (κ1) is 12.2. The van der Waals surface area contributed by atoms with Crippen molar-refractivity contribution in [3.8, 4) is 0 Å².